The lowest BCUT2D eigenvalue weighted by Crippen LogP contribution is -2.12. The molecule has 108 valence electrons. The van der Waals surface area contributed by atoms with E-state index < -0.39 is 0 Å². The summed E-state index contributed by atoms with van der Waals surface area (Å²) in [5, 5.41) is 0. The van der Waals surface area contributed by atoms with Crippen LogP contribution in [-0.2, 0) is 19.3 Å². The normalized spacial score (nSPS) is 13.0. The Hall–Kier alpha value is -2.09. The first kappa shape index (κ1) is 13.9. The molecule has 0 N–H and O–H groups in total. The van der Waals surface area contributed by atoms with Crippen molar-refractivity contribution in [3.63, 3.8) is 0 Å². The van der Waals surface area contributed by atoms with Crippen molar-refractivity contribution >= 4 is 5.78 Å². The topological polar surface area (TPSA) is 26.3 Å². The molecule has 2 aromatic carbocycles. The number of Topliss-reactive ketones (excluding diaryl/α,β-unsaturated/α-hetero) is 1. The summed E-state index contributed by atoms with van der Waals surface area (Å²) in [6, 6.07) is 14.0. The summed E-state index contributed by atoms with van der Waals surface area (Å²) in [4.78, 5) is 12.2. The highest BCUT2D eigenvalue weighted by Crippen LogP contribution is 2.23. The van der Waals surface area contributed by atoms with Crippen molar-refractivity contribution in [2.24, 2.45) is 0 Å². The van der Waals surface area contributed by atoms with Gasteiger partial charge >= 0.3 is 0 Å². The summed E-state index contributed by atoms with van der Waals surface area (Å²) < 4.78 is 5.59. The summed E-state index contributed by atoms with van der Waals surface area (Å²) in [6.07, 6.45) is 4.45. The van der Waals surface area contributed by atoms with Gasteiger partial charge < -0.3 is 4.74 Å². The second-order valence-corrected chi connectivity index (χ2v) is 5.55. The molecule has 0 heterocycles. The van der Waals surface area contributed by atoms with Crippen LogP contribution >= 0.6 is 0 Å². The van der Waals surface area contributed by atoms with Crippen LogP contribution in [0.3, 0.4) is 0 Å². The maximum absolute atomic E-state index is 12.2. The number of ketones is 1. The number of ether oxygens (including phenoxy) is 1. The van der Waals surface area contributed by atoms with Gasteiger partial charge in [-0.2, -0.15) is 0 Å². The van der Waals surface area contributed by atoms with E-state index in [0.717, 1.165) is 30.6 Å². The highest BCUT2D eigenvalue weighted by atomic mass is 16.5. The summed E-state index contributed by atoms with van der Waals surface area (Å²) in [5.41, 5.74) is 4.75. The fourth-order valence-electron chi connectivity index (χ4n) is 2.80. The Morgan fingerprint density at radius 1 is 1.05 bits per heavy atom. The minimum Gasteiger partial charge on any atom is -0.485 e. The summed E-state index contributed by atoms with van der Waals surface area (Å²) >= 11 is 0. The second-order valence-electron chi connectivity index (χ2n) is 5.55. The van der Waals surface area contributed by atoms with Crippen molar-refractivity contribution in [1.82, 2.24) is 0 Å². The van der Waals surface area contributed by atoms with E-state index in [0.29, 0.717) is 0 Å². The van der Waals surface area contributed by atoms with Gasteiger partial charge in [0.25, 0.3) is 0 Å². The molecule has 0 saturated heterocycles. The van der Waals surface area contributed by atoms with E-state index in [1.54, 1.807) is 0 Å². The summed E-state index contributed by atoms with van der Waals surface area (Å²) in [5.74, 6) is 0.797. The van der Waals surface area contributed by atoms with Crippen LogP contribution in [0, 0.1) is 0 Å². The van der Waals surface area contributed by atoms with Crippen LogP contribution in [0.15, 0.2) is 42.5 Å². The van der Waals surface area contributed by atoms with Crippen molar-refractivity contribution < 1.29 is 9.53 Å². The molecule has 3 rings (SSSR count). The van der Waals surface area contributed by atoms with Crippen molar-refractivity contribution in [3.05, 3.63) is 64.7 Å². The van der Waals surface area contributed by atoms with E-state index in [1.807, 2.05) is 36.4 Å². The van der Waals surface area contributed by atoms with E-state index in [2.05, 4.69) is 13.0 Å². The molecule has 0 amide bonds. The molecule has 2 nitrogen and oxygen atoms in total. The van der Waals surface area contributed by atoms with Gasteiger partial charge in [-0.1, -0.05) is 31.2 Å². The number of fused-ring (bicyclic) bond motifs is 1. The predicted molar refractivity (Wildman–Crippen MR) is 84.1 cm³/mol. The fraction of sp³-hybridized carbons (Fsp3) is 0.316. The maximum Gasteiger partial charge on any atom is 0.200 e. The second kappa shape index (κ2) is 6.13. The number of hydrogen-bond donors (Lipinski definition) is 0. The van der Waals surface area contributed by atoms with Gasteiger partial charge in [0.05, 0.1) is 0 Å². The number of carbonyl (C=O) groups excluding carboxylic acids is 1. The molecule has 0 aliphatic heterocycles. The Bertz CT molecular complexity index is 641. The molecule has 1 aliphatic carbocycles. The van der Waals surface area contributed by atoms with Crippen LogP contribution in [-0.4, -0.2) is 12.4 Å². The number of benzene rings is 2. The Labute approximate surface area is 125 Å². The van der Waals surface area contributed by atoms with E-state index in [9.17, 15) is 4.79 Å². The van der Waals surface area contributed by atoms with Gasteiger partial charge in [0, 0.05) is 5.56 Å². The first-order valence-corrected chi connectivity index (χ1v) is 7.63. The molecule has 0 bridgehead atoms. The smallest absolute Gasteiger partial charge is 0.200 e. The van der Waals surface area contributed by atoms with Crippen LogP contribution in [0.25, 0.3) is 0 Å². The molecule has 0 fully saturated rings. The van der Waals surface area contributed by atoms with Crippen LogP contribution < -0.4 is 4.74 Å². The first-order chi connectivity index (χ1) is 10.3. The third-order valence-electron chi connectivity index (χ3n) is 4.12. The van der Waals surface area contributed by atoms with Crippen molar-refractivity contribution in [1.29, 1.82) is 0 Å². The van der Waals surface area contributed by atoms with Gasteiger partial charge in [-0.05, 0) is 60.6 Å². The SMILES string of the molecule is CCc1ccc(OCC(=O)c2ccc3c(c2)CCC3)cc1. The first-order valence-electron chi connectivity index (χ1n) is 7.63. The highest BCUT2D eigenvalue weighted by Gasteiger charge is 2.14. The number of rotatable bonds is 5. The average molecular weight is 280 g/mol. The van der Waals surface area contributed by atoms with Crippen LogP contribution in [0.4, 0.5) is 0 Å². The molecule has 0 aromatic heterocycles. The summed E-state index contributed by atoms with van der Waals surface area (Å²) in [6.45, 7) is 2.22. The van der Waals surface area contributed by atoms with E-state index >= 15 is 0 Å². The van der Waals surface area contributed by atoms with E-state index in [-0.39, 0.29) is 12.4 Å². The third kappa shape index (κ3) is 3.15. The minimum atomic E-state index is 0.0456. The molecule has 0 atom stereocenters. The molecule has 2 heteroatoms. The minimum absolute atomic E-state index is 0.0456. The van der Waals surface area contributed by atoms with Crippen LogP contribution in [0.5, 0.6) is 5.75 Å². The molecule has 21 heavy (non-hydrogen) atoms. The lowest BCUT2D eigenvalue weighted by molar-refractivity contribution is 0.0921. The zero-order valence-corrected chi connectivity index (χ0v) is 12.4. The maximum atomic E-state index is 12.2. The Balaban J connectivity index is 1.63. The zero-order valence-electron chi connectivity index (χ0n) is 12.4. The molecule has 0 saturated carbocycles. The van der Waals surface area contributed by atoms with Crippen LogP contribution in [0.2, 0.25) is 0 Å². The fourth-order valence-corrected chi connectivity index (χ4v) is 2.80. The number of aryl methyl sites for hydroxylation is 3. The average Bonchev–Trinajstić information content (AvgIpc) is 3.00. The molecule has 0 radical (unpaired) electrons. The number of hydrogen-bond acceptors (Lipinski definition) is 2. The Morgan fingerprint density at radius 3 is 2.57 bits per heavy atom. The zero-order chi connectivity index (χ0) is 14.7. The van der Waals surface area contributed by atoms with Gasteiger partial charge in [0.2, 0.25) is 0 Å². The lowest BCUT2D eigenvalue weighted by Gasteiger charge is -2.07. The van der Waals surface area contributed by atoms with Crippen molar-refractivity contribution in [2.75, 3.05) is 6.61 Å². The number of carbonyl (C=O) groups is 1. The van der Waals surface area contributed by atoms with Gasteiger partial charge in [0.1, 0.15) is 5.75 Å². The van der Waals surface area contributed by atoms with E-state index in [1.165, 1.54) is 23.1 Å². The predicted octanol–water partition coefficient (Wildman–Crippen LogP) is 4.00. The standard InChI is InChI=1S/C19H20O2/c1-2-14-6-10-18(11-7-14)21-13-19(20)17-9-8-15-4-3-5-16(15)12-17/h6-12H,2-5,13H2,1H3. The molecular formula is C19H20O2. The quantitative estimate of drug-likeness (QED) is 0.774. The largest absolute Gasteiger partial charge is 0.485 e. The molecule has 2 aromatic rings. The van der Waals surface area contributed by atoms with Gasteiger partial charge in [0.15, 0.2) is 12.4 Å². The Kier molecular flexibility index (Phi) is 4.05. The van der Waals surface area contributed by atoms with E-state index in [4.69, 9.17) is 4.74 Å². The molecular weight excluding hydrogens is 260 g/mol. The van der Waals surface area contributed by atoms with Gasteiger partial charge in [-0.3, -0.25) is 4.79 Å². The molecule has 1 aliphatic rings. The third-order valence-corrected chi connectivity index (χ3v) is 4.12. The Morgan fingerprint density at radius 2 is 1.81 bits per heavy atom. The van der Waals surface area contributed by atoms with Crippen molar-refractivity contribution in [3.8, 4) is 5.75 Å². The van der Waals surface area contributed by atoms with Gasteiger partial charge in [-0.15, -0.1) is 0 Å². The van der Waals surface area contributed by atoms with Gasteiger partial charge in [-0.25, -0.2) is 0 Å². The van der Waals surface area contributed by atoms with Crippen molar-refractivity contribution in [2.45, 2.75) is 32.6 Å². The monoisotopic (exact) mass is 280 g/mol. The lowest BCUT2D eigenvalue weighted by atomic mass is 10.0. The molecule has 0 spiro atoms. The molecule has 0 unspecified atom stereocenters. The summed E-state index contributed by atoms with van der Waals surface area (Å²) in [7, 11) is 0. The van der Waals surface area contributed by atoms with Crippen LogP contribution in [0.1, 0.15) is 40.4 Å². The highest BCUT2D eigenvalue weighted by molar-refractivity contribution is 5.97.